The third-order valence-corrected chi connectivity index (χ3v) is 5.51. The Bertz CT molecular complexity index is 494. The molecule has 0 N–H and O–H groups in total. The van der Waals surface area contributed by atoms with E-state index in [1.54, 1.807) is 0 Å². The summed E-state index contributed by atoms with van der Waals surface area (Å²) in [5.74, 6) is 0.317. The van der Waals surface area contributed by atoms with Crippen molar-refractivity contribution in [1.29, 1.82) is 0 Å². The smallest absolute Gasteiger partial charge is 0.306 e. The predicted octanol–water partition coefficient (Wildman–Crippen LogP) is 4.28. The van der Waals surface area contributed by atoms with Crippen LogP contribution in [0.15, 0.2) is 12.2 Å². The number of allylic oxidation sites excluding steroid dienone is 1. The first-order chi connectivity index (χ1) is 11.2. The number of esters is 2. The Labute approximate surface area is 146 Å². The lowest BCUT2D eigenvalue weighted by molar-refractivity contribution is -0.147. The summed E-state index contributed by atoms with van der Waals surface area (Å²) in [5, 5.41) is 0. The molecule has 136 valence electrons. The lowest BCUT2D eigenvalue weighted by Crippen LogP contribution is -2.32. The minimum atomic E-state index is -0.275. The molecule has 1 heterocycles. The van der Waals surface area contributed by atoms with Crippen molar-refractivity contribution in [2.45, 2.75) is 78.9 Å². The van der Waals surface area contributed by atoms with E-state index in [2.05, 4.69) is 39.8 Å². The van der Waals surface area contributed by atoms with Gasteiger partial charge in [-0.2, -0.15) is 0 Å². The van der Waals surface area contributed by atoms with Gasteiger partial charge in [0, 0.05) is 18.8 Å². The fourth-order valence-electron chi connectivity index (χ4n) is 4.26. The summed E-state index contributed by atoms with van der Waals surface area (Å²) < 4.78 is 11.1. The van der Waals surface area contributed by atoms with Gasteiger partial charge >= 0.3 is 11.9 Å². The molecule has 2 aliphatic rings. The van der Waals surface area contributed by atoms with Crippen LogP contribution in [0.5, 0.6) is 0 Å². The zero-order valence-electron chi connectivity index (χ0n) is 15.7. The number of rotatable bonds is 7. The standard InChI is InChI=1S/C20H32O4/c1-6-7-9-20(4,5)10-8-16(23-14(3)21)19-13(2)11-17-15(19)12-18(22)24-17/h8,10,13,15-17,19H,6-7,9,11-12H2,1-5H3. The molecule has 0 radical (unpaired) electrons. The maximum absolute atomic E-state index is 11.6. The predicted molar refractivity (Wildman–Crippen MR) is 93.3 cm³/mol. The summed E-state index contributed by atoms with van der Waals surface area (Å²) in [6.07, 6.45) is 8.75. The fraction of sp³-hybridized carbons (Fsp3) is 0.800. The molecule has 2 fully saturated rings. The summed E-state index contributed by atoms with van der Waals surface area (Å²) in [6, 6.07) is 0. The van der Waals surface area contributed by atoms with Crippen molar-refractivity contribution in [3.63, 3.8) is 0 Å². The quantitative estimate of drug-likeness (QED) is 0.514. The highest BCUT2D eigenvalue weighted by atomic mass is 16.6. The number of hydrogen-bond acceptors (Lipinski definition) is 4. The normalized spacial score (nSPS) is 31.1. The Balaban J connectivity index is 2.15. The van der Waals surface area contributed by atoms with Gasteiger partial charge in [-0.1, -0.05) is 46.6 Å². The molecule has 0 spiro atoms. The Hall–Kier alpha value is -1.32. The van der Waals surface area contributed by atoms with E-state index in [-0.39, 0.29) is 41.4 Å². The van der Waals surface area contributed by atoms with Gasteiger partial charge in [-0.3, -0.25) is 9.59 Å². The van der Waals surface area contributed by atoms with E-state index in [0.29, 0.717) is 12.3 Å². The third-order valence-electron chi connectivity index (χ3n) is 5.51. The first-order valence-electron chi connectivity index (χ1n) is 9.29. The zero-order valence-corrected chi connectivity index (χ0v) is 15.7. The monoisotopic (exact) mass is 336 g/mol. The largest absolute Gasteiger partial charge is 0.462 e. The van der Waals surface area contributed by atoms with Crippen molar-refractivity contribution in [2.24, 2.45) is 23.2 Å². The molecule has 0 amide bonds. The third kappa shape index (κ3) is 4.61. The molecule has 0 aromatic heterocycles. The average molecular weight is 336 g/mol. The number of carbonyl (C=O) groups is 2. The maximum atomic E-state index is 11.6. The molecule has 2 rings (SSSR count). The second-order valence-electron chi connectivity index (χ2n) is 8.21. The van der Waals surface area contributed by atoms with Gasteiger partial charge in [0.15, 0.2) is 0 Å². The van der Waals surface area contributed by atoms with Gasteiger partial charge in [-0.05, 0) is 30.3 Å². The minimum absolute atomic E-state index is 0.00272. The lowest BCUT2D eigenvalue weighted by atomic mass is 9.81. The fourth-order valence-corrected chi connectivity index (χ4v) is 4.26. The molecule has 4 heteroatoms. The molecule has 1 aliphatic heterocycles. The number of ether oxygens (including phenoxy) is 2. The molecule has 1 saturated carbocycles. The van der Waals surface area contributed by atoms with Crippen LogP contribution in [0.1, 0.15) is 66.7 Å². The van der Waals surface area contributed by atoms with Crippen LogP contribution in [0.25, 0.3) is 0 Å². The van der Waals surface area contributed by atoms with Crippen LogP contribution in [0.3, 0.4) is 0 Å². The Kier molecular flexibility index (Phi) is 6.11. The number of unbranched alkanes of at least 4 members (excludes halogenated alkanes) is 1. The summed E-state index contributed by atoms with van der Waals surface area (Å²) in [6.45, 7) is 10.2. The Morgan fingerprint density at radius 1 is 1.46 bits per heavy atom. The van der Waals surface area contributed by atoms with Crippen LogP contribution in [0.2, 0.25) is 0 Å². The molecule has 1 saturated heterocycles. The van der Waals surface area contributed by atoms with Gasteiger partial charge < -0.3 is 9.47 Å². The van der Waals surface area contributed by atoms with Gasteiger partial charge in [-0.25, -0.2) is 0 Å². The van der Waals surface area contributed by atoms with Crippen LogP contribution in [-0.4, -0.2) is 24.1 Å². The van der Waals surface area contributed by atoms with E-state index in [9.17, 15) is 9.59 Å². The zero-order chi connectivity index (χ0) is 17.9. The molecular weight excluding hydrogens is 304 g/mol. The van der Waals surface area contributed by atoms with Gasteiger partial charge in [0.25, 0.3) is 0 Å². The molecule has 5 unspecified atom stereocenters. The summed E-state index contributed by atoms with van der Waals surface area (Å²) in [5.41, 5.74) is 0.0810. The van der Waals surface area contributed by atoms with E-state index in [1.807, 2.05) is 0 Å². The maximum Gasteiger partial charge on any atom is 0.306 e. The highest BCUT2D eigenvalue weighted by molar-refractivity contribution is 5.72. The highest BCUT2D eigenvalue weighted by Crippen LogP contribution is 2.47. The van der Waals surface area contributed by atoms with E-state index in [1.165, 1.54) is 19.8 Å². The molecular formula is C20H32O4. The summed E-state index contributed by atoms with van der Waals surface area (Å²) in [4.78, 5) is 23.3. The van der Waals surface area contributed by atoms with Crippen LogP contribution >= 0.6 is 0 Å². The van der Waals surface area contributed by atoms with Crippen molar-refractivity contribution in [3.8, 4) is 0 Å². The number of hydrogen-bond donors (Lipinski definition) is 0. The SMILES string of the molecule is CCCCC(C)(C)C=CC(OC(C)=O)C1C(C)CC2OC(=O)CC21. The summed E-state index contributed by atoms with van der Waals surface area (Å²) >= 11 is 0. The van der Waals surface area contributed by atoms with Crippen LogP contribution in [0.4, 0.5) is 0 Å². The molecule has 5 atom stereocenters. The van der Waals surface area contributed by atoms with Crippen molar-refractivity contribution >= 4 is 11.9 Å². The van der Waals surface area contributed by atoms with Crippen LogP contribution in [-0.2, 0) is 19.1 Å². The van der Waals surface area contributed by atoms with E-state index < -0.39 is 0 Å². The molecule has 0 aromatic rings. The highest BCUT2D eigenvalue weighted by Gasteiger charge is 2.51. The molecule has 1 aliphatic carbocycles. The second kappa shape index (κ2) is 7.71. The molecule has 24 heavy (non-hydrogen) atoms. The minimum Gasteiger partial charge on any atom is -0.462 e. The number of fused-ring (bicyclic) bond motifs is 1. The second-order valence-corrected chi connectivity index (χ2v) is 8.21. The van der Waals surface area contributed by atoms with Gasteiger partial charge in [0.1, 0.15) is 12.2 Å². The first kappa shape index (κ1) is 19.0. The van der Waals surface area contributed by atoms with Gasteiger partial charge in [0.05, 0.1) is 6.42 Å². The van der Waals surface area contributed by atoms with E-state index >= 15 is 0 Å². The van der Waals surface area contributed by atoms with Gasteiger partial charge in [-0.15, -0.1) is 0 Å². The molecule has 0 aromatic carbocycles. The molecule has 4 nitrogen and oxygen atoms in total. The summed E-state index contributed by atoms with van der Waals surface area (Å²) in [7, 11) is 0. The topological polar surface area (TPSA) is 52.6 Å². The van der Waals surface area contributed by atoms with Crippen molar-refractivity contribution in [1.82, 2.24) is 0 Å². The van der Waals surface area contributed by atoms with Gasteiger partial charge in [0.2, 0.25) is 0 Å². The lowest BCUT2D eigenvalue weighted by Gasteiger charge is -2.29. The molecule has 0 bridgehead atoms. The van der Waals surface area contributed by atoms with E-state index in [0.717, 1.165) is 12.8 Å². The first-order valence-corrected chi connectivity index (χ1v) is 9.29. The van der Waals surface area contributed by atoms with Crippen molar-refractivity contribution in [2.75, 3.05) is 0 Å². The van der Waals surface area contributed by atoms with Crippen LogP contribution < -0.4 is 0 Å². The average Bonchev–Trinajstić information content (AvgIpc) is 2.96. The Morgan fingerprint density at radius 3 is 2.79 bits per heavy atom. The van der Waals surface area contributed by atoms with Crippen molar-refractivity contribution in [3.05, 3.63) is 12.2 Å². The van der Waals surface area contributed by atoms with Crippen molar-refractivity contribution < 1.29 is 19.1 Å². The van der Waals surface area contributed by atoms with Crippen LogP contribution in [0, 0.1) is 23.2 Å². The number of carbonyl (C=O) groups excluding carboxylic acids is 2. The Morgan fingerprint density at radius 2 is 2.17 bits per heavy atom. The van der Waals surface area contributed by atoms with E-state index in [4.69, 9.17) is 9.47 Å².